The summed E-state index contributed by atoms with van der Waals surface area (Å²) < 4.78 is 48.3. The molecule has 0 aliphatic carbocycles. The number of carbonyl (C=O) groups is 1. The largest absolute Gasteiger partial charge is 0.573 e. The van der Waals surface area contributed by atoms with Gasteiger partial charge in [-0.3, -0.25) is 4.57 Å². The van der Waals surface area contributed by atoms with Crippen LogP contribution in [0.3, 0.4) is 0 Å². The summed E-state index contributed by atoms with van der Waals surface area (Å²) in [4.78, 5) is 36.0. The highest BCUT2D eigenvalue weighted by atomic mass is 19.4. The summed E-state index contributed by atoms with van der Waals surface area (Å²) in [7, 11) is 4.51. The maximum Gasteiger partial charge on any atom is 0.573 e. The van der Waals surface area contributed by atoms with E-state index in [0.29, 0.717) is 22.7 Å². The molecular formula is C23H20F3N5O4. The Kier molecular flexibility index (Phi) is 6.20. The van der Waals surface area contributed by atoms with Crippen molar-refractivity contribution in [3.63, 3.8) is 0 Å². The Balaban J connectivity index is 1.61. The second-order valence-corrected chi connectivity index (χ2v) is 7.64. The number of nitrogens with zero attached hydrogens (tertiary/aromatic N) is 5. The number of benzene rings is 2. The third-order valence-electron chi connectivity index (χ3n) is 5.21. The van der Waals surface area contributed by atoms with E-state index in [1.165, 1.54) is 41.9 Å². The minimum atomic E-state index is -4.79. The van der Waals surface area contributed by atoms with Gasteiger partial charge in [0, 0.05) is 26.2 Å². The van der Waals surface area contributed by atoms with Crippen molar-refractivity contribution >= 4 is 17.2 Å². The summed E-state index contributed by atoms with van der Waals surface area (Å²) in [5.41, 5.74) is 1.09. The third kappa shape index (κ3) is 4.95. The molecule has 0 radical (unpaired) electrons. The van der Waals surface area contributed by atoms with Crippen LogP contribution < -0.4 is 15.2 Å². The van der Waals surface area contributed by atoms with Crippen LogP contribution in [0, 0.1) is 0 Å². The van der Waals surface area contributed by atoms with Crippen molar-refractivity contribution < 1.29 is 27.4 Å². The topological polar surface area (TPSA) is 91.5 Å². The summed E-state index contributed by atoms with van der Waals surface area (Å²) >= 11 is 0. The van der Waals surface area contributed by atoms with Crippen LogP contribution in [0.1, 0.15) is 5.56 Å². The number of methoxy groups -OCH3 is 1. The van der Waals surface area contributed by atoms with Gasteiger partial charge in [-0.2, -0.15) is 0 Å². The van der Waals surface area contributed by atoms with Gasteiger partial charge in [0.2, 0.25) is 0 Å². The van der Waals surface area contributed by atoms with E-state index in [1.807, 2.05) is 0 Å². The number of hydrogen-bond acceptors (Lipinski definition) is 6. The van der Waals surface area contributed by atoms with Gasteiger partial charge in [0.05, 0.1) is 13.3 Å². The predicted molar refractivity (Wildman–Crippen MR) is 120 cm³/mol. The lowest BCUT2D eigenvalue weighted by Crippen LogP contribution is -2.37. The smallest absolute Gasteiger partial charge is 0.497 e. The van der Waals surface area contributed by atoms with E-state index in [1.54, 1.807) is 31.4 Å². The third-order valence-corrected chi connectivity index (χ3v) is 5.21. The average molecular weight is 487 g/mol. The van der Waals surface area contributed by atoms with Gasteiger partial charge in [0.25, 0.3) is 0 Å². The molecule has 0 spiro atoms. The summed E-state index contributed by atoms with van der Waals surface area (Å²) in [5.74, 6) is 0.600. The fraction of sp³-hybridized carbons (Fsp3) is 0.217. The van der Waals surface area contributed by atoms with E-state index in [4.69, 9.17) is 4.74 Å². The Hall–Kier alpha value is -4.35. The Morgan fingerprint density at radius 1 is 1.11 bits per heavy atom. The van der Waals surface area contributed by atoms with Crippen LogP contribution in [0.5, 0.6) is 11.5 Å². The molecule has 0 aliphatic rings. The number of hydrogen-bond donors (Lipinski definition) is 0. The van der Waals surface area contributed by atoms with E-state index in [2.05, 4.69) is 14.7 Å². The molecule has 0 N–H and O–H groups in total. The SMILES string of the molecule is COc1cccc(-c2ncc3c(n2)n(C)c(=O)n3C(=O)N(C)Cc2ccc(OC(F)(F)F)cc2)c1. The van der Waals surface area contributed by atoms with Crippen molar-refractivity contribution in [2.45, 2.75) is 12.9 Å². The number of halogens is 3. The Morgan fingerprint density at radius 2 is 1.83 bits per heavy atom. The molecule has 35 heavy (non-hydrogen) atoms. The van der Waals surface area contributed by atoms with Crippen LogP contribution in [-0.4, -0.2) is 50.6 Å². The first-order valence-corrected chi connectivity index (χ1v) is 10.3. The van der Waals surface area contributed by atoms with Gasteiger partial charge in [-0.25, -0.2) is 24.1 Å². The number of ether oxygens (including phenoxy) is 2. The standard InChI is InChI=1S/C23H20F3N5O4/c1-29(13-14-7-9-16(10-8-14)35-23(24,25)26)21(32)31-18-12-27-19(28-20(18)30(2)22(31)33)15-5-4-6-17(11-15)34-3/h4-12H,13H2,1-3H3. The van der Waals surface area contributed by atoms with Crippen LogP contribution in [0.4, 0.5) is 18.0 Å². The van der Waals surface area contributed by atoms with Crippen molar-refractivity contribution in [1.29, 1.82) is 0 Å². The maximum absolute atomic E-state index is 13.1. The van der Waals surface area contributed by atoms with E-state index in [-0.39, 0.29) is 23.5 Å². The van der Waals surface area contributed by atoms with Gasteiger partial charge in [-0.05, 0) is 29.8 Å². The van der Waals surface area contributed by atoms with Crippen LogP contribution >= 0.6 is 0 Å². The van der Waals surface area contributed by atoms with Gasteiger partial charge in [-0.15, -0.1) is 13.2 Å². The highest BCUT2D eigenvalue weighted by Gasteiger charge is 2.31. The first-order chi connectivity index (χ1) is 16.6. The molecule has 0 fully saturated rings. The number of rotatable bonds is 5. The van der Waals surface area contributed by atoms with E-state index < -0.39 is 18.1 Å². The maximum atomic E-state index is 13.1. The lowest BCUT2D eigenvalue weighted by molar-refractivity contribution is -0.274. The van der Waals surface area contributed by atoms with Crippen LogP contribution in [-0.2, 0) is 13.6 Å². The minimum absolute atomic E-state index is 0.0384. The second-order valence-electron chi connectivity index (χ2n) is 7.64. The molecule has 2 aromatic heterocycles. The fourth-order valence-electron chi connectivity index (χ4n) is 3.51. The molecule has 4 rings (SSSR count). The fourth-order valence-corrected chi connectivity index (χ4v) is 3.51. The quantitative estimate of drug-likeness (QED) is 0.425. The lowest BCUT2D eigenvalue weighted by Gasteiger charge is -2.17. The molecule has 0 saturated heterocycles. The minimum Gasteiger partial charge on any atom is -0.497 e. The summed E-state index contributed by atoms with van der Waals surface area (Å²) in [6, 6.07) is 11.6. The Labute approximate surface area is 197 Å². The van der Waals surface area contributed by atoms with E-state index in [9.17, 15) is 22.8 Å². The zero-order chi connectivity index (χ0) is 25.3. The highest BCUT2D eigenvalue weighted by Crippen LogP contribution is 2.24. The molecule has 4 aromatic rings. The molecule has 0 aliphatic heterocycles. The van der Waals surface area contributed by atoms with Crippen molar-refractivity contribution in [3.8, 4) is 22.9 Å². The number of aryl methyl sites for hydroxylation is 1. The number of aromatic nitrogens is 4. The molecule has 12 heteroatoms. The van der Waals surface area contributed by atoms with Crippen molar-refractivity contribution in [3.05, 3.63) is 70.8 Å². The number of imidazole rings is 1. The summed E-state index contributed by atoms with van der Waals surface area (Å²) in [6.45, 7) is 0.0384. The molecule has 0 saturated carbocycles. The number of amides is 1. The summed E-state index contributed by atoms with van der Waals surface area (Å²) in [6.07, 6.45) is -3.40. The van der Waals surface area contributed by atoms with E-state index >= 15 is 0 Å². The van der Waals surface area contributed by atoms with Gasteiger partial charge in [0.1, 0.15) is 17.0 Å². The summed E-state index contributed by atoms with van der Waals surface area (Å²) in [5, 5.41) is 0. The molecule has 0 atom stereocenters. The lowest BCUT2D eigenvalue weighted by atomic mass is 10.2. The number of alkyl halides is 3. The van der Waals surface area contributed by atoms with Crippen LogP contribution in [0.25, 0.3) is 22.6 Å². The molecule has 2 heterocycles. The molecule has 1 amide bonds. The normalized spacial score (nSPS) is 11.5. The number of carbonyl (C=O) groups excluding carboxylic acids is 1. The predicted octanol–water partition coefficient (Wildman–Crippen LogP) is 3.80. The molecule has 182 valence electrons. The van der Waals surface area contributed by atoms with Crippen molar-refractivity contribution in [1.82, 2.24) is 24.0 Å². The zero-order valence-corrected chi connectivity index (χ0v) is 18.9. The van der Waals surface area contributed by atoms with Crippen LogP contribution in [0.15, 0.2) is 59.5 Å². The zero-order valence-electron chi connectivity index (χ0n) is 18.9. The average Bonchev–Trinajstić information content (AvgIpc) is 3.08. The molecule has 9 nitrogen and oxygen atoms in total. The Morgan fingerprint density at radius 3 is 2.49 bits per heavy atom. The number of fused-ring (bicyclic) bond motifs is 1. The van der Waals surface area contributed by atoms with E-state index in [0.717, 1.165) is 16.7 Å². The van der Waals surface area contributed by atoms with Gasteiger partial charge < -0.3 is 14.4 Å². The van der Waals surface area contributed by atoms with Crippen molar-refractivity contribution in [2.24, 2.45) is 7.05 Å². The van der Waals surface area contributed by atoms with Crippen LogP contribution in [0.2, 0.25) is 0 Å². The molecular weight excluding hydrogens is 467 g/mol. The van der Waals surface area contributed by atoms with Crippen molar-refractivity contribution in [2.75, 3.05) is 14.2 Å². The van der Waals surface area contributed by atoms with Gasteiger partial charge >= 0.3 is 18.1 Å². The van der Waals surface area contributed by atoms with Gasteiger partial charge in [0.15, 0.2) is 11.5 Å². The first kappa shape index (κ1) is 23.8. The second kappa shape index (κ2) is 9.12. The molecule has 0 unspecified atom stereocenters. The molecule has 2 aromatic carbocycles. The first-order valence-electron chi connectivity index (χ1n) is 10.3. The van der Waals surface area contributed by atoms with Gasteiger partial charge in [-0.1, -0.05) is 24.3 Å². The highest BCUT2D eigenvalue weighted by molar-refractivity contribution is 5.88. The Bertz CT molecular complexity index is 1440. The molecule has 0 bridgehead atoms. The monoisotopic (exact) mass is 487 g/mol.